The Balaban J connectivity index is 2.05. The van der Waals surface area contributed by atoms with Crippen molar-refractivity contribution in [3.05, 3.63) is 18.0 Å². The van der Waals surface area contributed by atoms with Crippen LogP contribution in [0, 0.1) is 0 Å². The van der Waals surface area contributed by atoms with Gasteiger partial charge in [-0.1, -0.05) is 0 Å². The quantitative estimate of drug-likeness (QED) is 0.800. The Labute approximate surface area is 90.6 Å². The van der Waals surface area contributed by atoms with Gasteiger partial charge in [0.15, 0.2) is 0 Å². The zero-order chi connectivity index (χ0) is 10.9. The molecule has 0 spiro atoms. The number of ether oxygens (including phenoxy) is 1. The molecule has 0 saturated carbocycles. The second kappa shape index (κ2) is 3.94. The lowest BCUT2D eigenvalue weighted by Gasteiger charge is -2.44. The summed E-state index contributed by atoms with van der Waals surface area (Å²) in [5.74, 6) is 0. The van der Waals surface area contributed by atoms with Crippen LogP contribution in [0.15, 0.2) is 12.3 Å². The number of nitrogens with zero attached hydrogens (tertiary/aromatic N) is 2. The predicted molar refractivity (Wildman–Crippen MR) is 58.5 cm³/mol. The molecule has 0 aliphatic carbocycles. The molecule has 1 N–H and O–H groups in total. The van der Waals surface area contributed by atoms with Gasteiger partial charge in [-0.25, -0.2) is 0 Å². The smallest absolute Gasteiger partial charge is 0.0675 e. The van der Waals surface area contributed by atoms with Crippen molar-refractivity contribution in [2.24, 2.45) is 0 Å². The van der Waals surface area contributed by atoms with E-state index in [1.54, 1.807) is 6.20 Å². The predicted octanol–water partition coefficient (Wildman–Crippen LogP) is 1.41. The first-order valence-corrected chi connectivity index (χ1v) is 5.43. The summed E-state index contributed by atoms with van der Waals surface area (Å²) in [4.78, 5) is 2.44. The number of H-pyrrole nitrogens is 1. The molecule has 0 aromatic carbocycles. The van der Waals surface area contributed by atoms with Crippen LogP contribution in [-0.4, -0.2) is 39.9 Å². The molecular formula is C11H19N3O. The number of hydrogen-bond donors (Lipinski definition) is 1. The normalized spacial score (nSPS) is 26.7. The SMILES string of the molecule is CC1CN(Cc2ccn[nH]2)C(C)(C)CO1. The van der Waals surface area contributed by atoms with Crippen molar-refractivity contribution < 1.29 is 4.74 Å². The highest BCUT2D eigenvalue weighted by atomic mass is 16.5. The van der Waals surface area contributed by atoms with Gasteiger partial charge in [0.2, 0.25) is 0 Å². The van der Waals surface area contributed by atoms with Gasteiger partial charge in [0, 0.05) is 30.5 Å². The van der Waals surface area contributed by atoms with Gasteiger partial charge in [-0.05, 0) is 26.8 Å². The zero-order valence-corrected chi connectivity index (χ0v) is 9.66. The fourth-order valence-electron chi connectivity index (χ4n) is 1.90. The first-order valence-electron chi connectivity index (χ1n) is 5.43. The molecule has 0 bridgehead atoms. The number of aromatic amines is 1. The number of morpholine rings is 1. The third-order valence-corrected chi connectivity index (χ3v) is 2.97. The van der Waals surface area contributed by atoms with Crippen molar-refractivity contribution in [2.75, 3.05) is 13.2 Å². The lowest BCUT2D eigenvalue weighted by Crippen LogP contribution is -2.54. The monoisotopic (exact) mass is 209 g/mol. The molecule has 1 fully saturated rings. The second-order valence-electron chi connectivity index (χ2n) is 4.90. The number of aromatic nitrogens is 2. The molecule has 1 saturated heterocycles. The number of nitrogens with one attached hydrogen (secondary N) is 1. The van der Waals surface area contributed by atoms with E-state index < -0.39 is 0 Å². The van der Waals surface area contributed by atoms with Crippen molar-refractivity contribution in [1.82, 2.24) is 15.1 Å². The lowest BCUT2D eigenvalue weighted by molar-refractivity contribution is -0.0953. The summed E-state index contributed by atoms with van der Waals surface area (Å²) >= 11 is 0. The molecular weight excluding hydrogens is 190 g/mol. The second-order valence-corrected chi connectivity index (χ2v) is 4.90. The minimum Gasteiger partial charge on any atom is -0.375 e. The summed E-state index contributed by atoms with van der Waals surface area (Å²) < 4.78 is 5.68. The van der Waals surface area contributed by atoms with Crippen LogP contribution in [0.4, 0.5) is 0 Å². The number of hydrogen-bond acceptors (Lipinski definition) is 3. The minimum absolute atomic E-state index is 0.109. The molecule has 15 heavy (non-hydrogen) atoms. The van der Waals surface area contributed by atoms with Crippen LogP contribution in [0.5, 0.6) is 0 Å². The van der Waals surface area contributed by atoms with Gasteiger partial charge in [-0.2, -0.15) is 5.10 Å². The van der Waals surface area contributed by atoms with Gasteiger partial charge < -0.3 is 4.74 Å². The molecule has 2 rings (SSSR count). The Morgan fingerprint density at radius 2 is 2.47 bits per heavy atom. The Morgan fingerprint density at radius 3 is 3.13 bits per heavy atom. The van der Waals surface area contributed by atoms with E-state index in [2.05, 4.69) is 35.9 Å². The Morgan fingerprint density at radius 1 is 1.67 bits per heavy atom. The van der Waals surface area contributed by atoms with Crippen LogP contribution in [0.25, 0.3) is 0 Å². The number of rotatable bonds is 2. The maximum atomic E-state index is 5.68. The average molecular weight is 209 g/mol. The maximum Gasteiger partial charge on any atom is 0.0675 e. The van der Waals surface area contributed by atoms with Crippen LogP contribution < -0.4 is 0 Å². The molecule has 0 radical (unpaired) electrons. The first-order chi connectivity index (χ1) is 7.08. The van der Waals surface area contributed by atoms with Crippen molar-refractivity contribution >= 4 is 0 Å². The van der Waals surface area contributed by atoms with E-state index in [1.807, 2.05) is 6.07 Å². The molecule has 1 atom stereocenters. The summed E-state index contributed by atoms with van der Waals surface area (Å²) in [5, 5.41) is 6.98. The van der Waals surface area contributed by atoms with Crippen molar-refractivity contribution in [2.45, 2.75) is 39.0 Å². The van der Waals surface area contributed by atoms with Gasteiger partial charge in [0.05, 0.1) is 12.7 Å². The van der Waals surface area contributed by atoms with Gasteiger partial charge >= 0.3 is 0 Å². The topological polar surface area (TPSA) is 41.2 Å². The largest absolute Gasteiger partial charge is 0.375 e. The molecule has 1 aliphatic rings. The van der Waals surface area contributed by atoms with E-state index in [-0.39, 0.29) is 5.54 Å². The summed E-state index contributed by atoms with van der Waals surface area (Å²) in [5.41, 5.74) is 1.27. The van der Waals surface area contributed by atoms with E-state index in [0.717, 1.165) is 25.4 Å². The van der Waals surface area contributed by atoms with Crippen LogP contribution in [0.2, 0.25) is 0 Å². The van der Waals surface area contributed by atoms with Gasteiger partial charge in [-0.15, -0.1) is 0 Å². The van der Waals surface area contributed by atoms with E-state index in [0.29, 0.717) is 6.10 Å². The fourth-order valence-corrected chi connectivity index (χ4v) is 1.90. The van der Waals surface area contributed by atoms with Crippen LogP contribution in [0.1, 0.15) is 26.5 Å². The Bertz CT molecular complexity index is 308. The van der Waals surface area contributed by atoms with Gasteiger partial charge in [0.25, 0.3) is 0 Å². The van der Waals surface area contributed by atoms with Crippen molar-refractivity contribution in [3.63, 3.8) is 0 Å². The van der Waals surface area contributed by atoms with Crippen LogP contribution >= 0.6 is 0 Å². The third kappa shape index (κ3) is 2.38. The summed E-state index contributed by atoms with van der Waals surface area (Å²) in [6.07, 6.45) is 2.12. The highest BCUT2D eigenvalue weighted by Gasteiger charge is 2.33. The zero-order valence-electron chi connectivity index (χ0n) is 9.66. The molecule has 2 heterocycles. The van der Waals surface area contributed by atoms with Gasteiger partial charge in [-0.3, -0.25) is 10.00 Å². The summed E-state index contributed by atoms with van der Waals surface area (Å²) in [6.45, 7) is 9.24. The fraction of sp³-hybridized carbons (Fsp3) is 0.727. The molecule has 1 unspecified atom stereocenters. The van der Waals surface area contributed by atoms with Crippen LogP contribution in [-0.2, 0) is 11.3 Å². The lowest BCUT2D eigenvalue weighted by atomic mass is 10.0. The van der Waals surface area contributed by atoms with Crippen LogP contribution in [0.3, 0.4) is 0 Å². The average Bonchev–Trinajstić information content (AvgIpc) is 2.65. The third-order valence-electron chi connectivity index (χ3n) is 2.97. The maximum absolute atomic E-state index is 5.68. The van der Waals surface area contributed by atoms with E-state index in [4.69, 9.17) is 4.74 Å². The molecule has 84 valence electrons. The minimum atomic E-state index is 0.109. The molecule has 1 aliphatic heterocycles. The highest BCUT2D eigenvalue weighted by Crippen LogP contribution is 2.23. The van der Waals surface area contributed by atoms with E-state index in [1.165, 1.54) is 0 Å². The highest BCUT2D eigenvalue weighted by molar-refractivity contribution is 5.00. The molecule has 4 heteroatoms. The molecule has 4 nitrogen and oxygen atoms in total. The van der Waals surface area contributed by atoms with Crippen molar-refractivity contribution in [1.29, 1.82) is 0 Å². The van der Waals surface area contributed by atoms with E-state index in [9.17, 15) is 0 Å². The summed E-state index contributed by atoms with van der Waals surface area (Å²) in [7, 11) is 0. The van der Waals surface area contributed by atoms with E-state index >= 15 is 0 Å². The Kier molecular flexibility index (Phi) is 2.80. The molecule has 1 aromatic rings. The first kappa shape index (κ1) is 10.6. The van der Waals surface area contributed by atoms with Crippen molar-refractivity contribution in [3.8, 4) is 0 Å². The standard InChI is InChI=1S/C11H19N3O/c1-9-6-14(11(2,3)8-15-9)7-10-4-5-12-13-10/h4-5,9H,6-8H2,1-3H3,(H,12,13). The Hall–Kier alpha value is -0.870. The molecule has 0 amide bonds. The summed E-state index contributed by atoms with van der Waals surface area (Å²) in [6, 6.07) is 2.02. The molecule has 1 aromatic heterocycles. The van der Waals surface area contributed by atoms with Gasteiger partial charge in [0.1, 0.15) is 0 Å².